The van der Waals surface area contributed by atoms with Gasteiger partial charge in [0.2, 0.25) is 0 Å². The molecule has 2 aliphatic rings. The molecule has 1 aromatic rings. The summed E-state index contributed by atoms with van der Waals surface area (Å²) in [4.78, 5) is 40.7. The molecule has 0 spiro atoms. The van der Waals surface area contributed by atoms with Crippen LogP contribution in [0.4, 0.5) is 5.82 Å². The molecule has 0 saturated carbocycles. The van der Waals surface area contributed by atoms with Gasteiger partial charge >= 0.3 is 5.97 Å². The number of thiocarbonyl (C=S) groups is 1. The first-order valence-electron chi connectivity index (χ1n) is 10.7. The average molecular weight is 475 g/mol. The molecule has 170 valence electrons. The van der Waals surface area contributed by atoms with Gasteiger partial charge in [-0.05, 0) is 37.8 Å². The van der Waals surface area contributed by atoms with Gasteiger partial charge in [0.15, 0.2) is 0 Å². The first kappa shape index (κ1) is 24.0. The summed E-state index contributed by atoms with van der Waals surface area (Å²) in [5.74, 6) is -0.902. The van der Waals surface area contributed by atoms with Crippen molar-refractivity contribution in [3.8, 4) is 6.07 Å². The number of carboxylic acids is 1. The predicted molar refractivity (Wildman–Crippen MR) is 129 cm³/mol. The third-order valence-corrected chi connectivity index (χ3v) is 7.02. The van der Waals surface area contributed by atoms with Gasteiger partial charge in [0, 0.05) is 25.2 Å². The number of aliphatic carboxylic acids is 1. The number of pyridine rings is 1. The Bertz CT molecular complexity index is 1080. The Morgan fingerprint density at radius 3 is 2.47 bits per heavy atom. The lowest BCUT2D eigenvalue weighted by atomic mass is 10.0. The number of carbonyl (C=O) groups excluding carboxylic acids is 1. The average Bonchev–Trinajstić information content (AvgIpc) is 2.94. The molecular weight excluding hydrogens is 448 g/mol. The highest BCUT2D eigenvalue weighted by molar-refractivity contribution is 8.26. The van der Waals surface area contributed by atoms with E-state index in [1.165, 1.54) is 0 Å². The molecule has 3 heterocycles. The second-order valence-corrected chi connectivity index (χ2v) is 9.54. The van der Waals surface area contributed by atoms with Crippen LogP contribution in [0.25, 0.3) is 6.08 Å². The van der Waals surface area contributed by atoms with Gasteiger partial charge in [0.1, 0.15) is 28.3 Å². The molecule has 0 aliphatic carbocycles. The number of carboxylic acid groups (broad SMARTS) is 1. The highest BCUT2D eigenvalue weighted by Gasteiger charge is 2.34. The number of thioether (sulfide) groups is 1. The topological polar surface area (TPSA) is 107 Å². The van der Waals surface area contributed by atoms with Gasteiger partial charge in [-0.2, -0.15) is 5.26 Å². The fraction of sp³-hybridized carbons (Fsp3) is 0.500. The van der Waals surface area contributed by atoms with E-state index in [0.29, 0.717) is 22.6 Å². The second-order valence-electron chi connectivity index (χ2n) is 7.87. The third kappa shape index (κ3) is 4.74. The molecule has 0 radical (unpaired) electrons. The van der Waals surface area contributed by atoms with Crippen molar-refractivity contribution in [3.63, 3.8) is 0 Å². The lowest BCUT2D eigenvalue weighted by Crippen LogP contribution is -2.35. The predicted octanol–water partition coefficient (Wildman–Crippen LogP) is 3.10. The summed E-state index contributed by atoms with van der Waals surface area (Å²) < 4.78 is 1.83. The van der Waals surface area contributed by atoms with Gasteiger partial charge in [-0.3, -0.25) is 23.9 Å². The zero-order valence-corrected chi connectivity index (χ0v) is 19.9. The third-order valence-electron chi connectivity index (χ3n) is 5.64. The Labute approximate surface area is 196 Å². The maximum absolute atomic E-state index is 13.2. The Hall–Kier alpha value is -2.64. The monoisotopic (exact) mass is 474 g/mol. The van der Waals surface area contributed by atoms with Crippen molar-refractivity contribution < 1.29 is 14.7 Å². The molecular formula is C22H26N4O4S2. The first-order valence-corrected chi connectivity index (χ1v) is 11.9. The van der Waals surface area contributed by atoms with Crippen LogP contribution < -0.4 is 10.5 Å². The Morgan fingerprint density at radius 1 is 1.25 bits per heavy atom. The maximum atomic E-state index is 13.2. The summed E-state index contributed by atoms with van der Waals surface area (Å²) in [6.45, 7) is 5.23. The Balaban J connectivity index is 2.23. The summed E-state index contributed by atoms with van der Waals surface area (Å²) >= 11 is 6.26. The van der Waals surface area contributed by atoms with Gasteiger partial charge in [-0.15, -0.1) is 0 Å². The molecule has 1 amide bonds. The van der Waals surface area contributed by atoms with E-state index in [-0.39, 0.29) is 15.4 Å². The van der Waals surface area contributed by atoms with Gasteiger partial charge in [0.05, 0.1) is 4.91 Å². The second kappa shape index (κ2) is 10.3. The Morgan fingerprint density at radius 2 is 1.91 bits per heavy atom. The van der Waals surface area contributed by atoms with E-state index in [4.69, 9.17) is 17.3 Å². The molecule has 2 aliphatic heterocycles. The van der Waals surface area contributed by atoms with Crippen LogP contribution in [0.15, 0.2) is 9.70 Å². The number of amides is 1. The molecule has 32 heavy (non-hydrogen) atoms. The quantitative estimate of drug-likeness (QED) is 0.495. The molecule has 2 saturated heterocycles. The number of rotatable bonds is 6. The highest BCUT2D eigenvalue weighted by Crippen LogP contribution is 2.36. The van der Waals surface area contributed by atoms with Crippen molar-refractivity contribution >= 4 is 52.1 Å². The van der Waals surface area contributed by atoms with E-state index in [1.807, 2.05) is 13.0 Å². The highest BCUT2D eigenvalue weighted by atomic mass is 32.2. The van der Waals surface area contributed by atoms with Gasteiger partial charge in [0.25, 0.3) is 11.5 Å². The largest absolute Gasteiger partial charge is 0.480 e. The number of aromatic nitrogens is 1. The molecule has 0 bridgehead atoms. The van der Waals surface area contributed by atoms with Crippen LogP contribution in [0.5, 0.6) is 0 Å². The van der Waals surface area contributed by atoms with Crippen molar-refractivity contribution in [2.24, 2.45) is 0 Å². The van der Waals surface area contributed by atoms with E-state index in [2.05, 4.69) is 4.90 Å². The Kier molecular flexibility index (Phi) is 7.74. The van der Waals surface area contributed by atoms with Crippen LogP contribution in [0.3, 0.4) is 0 Å². The standard InChI is InChI=1S/C22H26N4O4S2/c1-3-8-25-19(24-9-6-4-5-7-10-24)15(14(2)16(12-23)20(25)29)11-17-21(30)26(13-18(27)28)22(31)32-17/h11H,3-10,13H2,1-2H3,(H,27,28)/b17-11+. The molecule has 0 aromatic carbocycles. The zero-order valence-electron chi connectivity index (χ0n) is 18.2. The van der Waals surface area contributed by atoms with Crippen LogP contribution in [0.1, 0.15) is 55.7 Å². The van der Waals surface area contributed by atoms with E-state index < -0.39 is 18.4 Å². The minimum absolute atomic E-state index is 0.0595. The van der Waals surface area contributed by atoms with Gasteiger partial charge in [-0.25, -0.2) is 0 Å². The normalized spacial score (nSPS) is 18.2. The van der Waals surface area contributed by atoms with Gasteiger partial charge < -0.3 is 10.0 Å². The van der Waals surface area contributed by atoms with Crippen LogP contribution in [-0.2, 0) is 16.1 Å². The number of hydrogen-bond donors (Lipinski definition) is 1. The number of nitriles is 1. The summed E-state index contributed by atoms with van der Waals surface area (Å²) in [5, 5.41) is 18.8. The maximum Gasteiger partial charge on any atom is 0.323 e. The molecule has 3 rings (SSSR count). The van der Waals surface area contributed by atoms with Crippen molar-refractivity contribution in [3.05, 3.63) is 31.9 Å². The number of hydrogen-bond acceptors (Lipinski definition) is 7. The first-order chi connectivity index (χ1) is 15.3. The van der Waals surface area contributed by atoms with E-state index in [0.717, 1.165) is 67.7 Å². The number of carbonyl (C=O) groups is 2. The van der Waals surface area contributed by atoms with E-state index in [1.54, 1.807) is 17.6 Å². The number of nitrogens with zero attached hydrogens (tertiary/aromatic N) is 4. The molecule has 1 N–H and O–H groups in total. The smallest absolute Gasteiger partial charge is 0.323 e. The summed E-state index contributed by atoms with van der Waals surface area (Å²) in [6, 6.07) is 2.04. The number of anilines is 1. The zero-order chi connectivity index (χ0) is 23.4. The van der Waals surface area contributed by atoms with E-state index in [9.17, 15) is 19.6 Å². The molecule has 1 aromatic heterocycles. The fourth-order valence-corrected chi connectivity index (χ4v) is 5.34. The minimum atomic E-state index is -1.15. The molecule has 0 unspecified atom stereocenters. The van der Waals surface area contributed by atoms with Crippen LogP contribution in [-0.4, -0.2) is 50.4 Å². The van der Waals surface area contributed by atoms with Gasteiger partial charge in [-0.1, -0.05) is 43.7 Å². The van der Waals surface area contributed by atoms with Crippen molar-refractivity contribution in [2.45, 2.75) is 52.5 Å². The fourth-order valence-electron chi connectivity index (χ4n) is 4.10. The van der Waals surface area contributed by atoms with Crippen molar-refractivity contribution in [2.75, 3.05) is 24.5 Å². The van der Waals surface area contributed by atoms with Crippen LogP contribution in [0.2, 0.25) is 0 Å². The van der Waals surface area contributed by atoms with Crippen LogP contribution in [0, 0.1) is 18.3 Å². The SMILES string of the molecule is CCCn1c(N2CCCCCC2)c(/C=C2/SC(=S)N(CC(=O)O)C2=O)c(C)c(C#N)c1=O. The minimum Gasteiger partial charge on any atom is -0.480 e. The molecule has 0 atom stereocenters. The molecule has 10 heteroatoms. The summed E-state index contributed by atoms with van der Waals surface area (Å²) in [5.41, 5.74) is 0.908. The van der Waals surface area contributed by atoms with Crippen molar-refractivity contribution in [1.29, 1.82) is 5.26 Å². The summed E-state index contributed by atoms with van der Waals surface area (Å²) in [6.07, 6.45) is 6.62. The molecule has 8 nitrogen and oxygen atoms in total. The lowest BCUT2D eigenvalue weighted by molar-refractivity contribution is -0.140. The van der Waals surface area contributed by atoms with E-state index >= 15 is 0 Å². The summed E-state index contributed by atoms with van der Waals surface area (Å²) in [7, 11) is 0. The van der Waals surface area contributed by atoms with Crippen molar-refractivity contribution in [1.82, 2.24) is 9.47 Å². The van der Waals surface area contributed by atoms with Crippen LogP contribution >= 0.6 is 24.0 Å². The molecule has 2 fully saturated rings. The lowest BCUT2D eigenvalue weighted by Gasteiger charge is -2.29.